The largest absolute Gasteiger partial charge is 0.326 e. The van der Waals surface area contributed by atoms with Gasteiger partial charge in [0.2, 0.25) is 0 Å². The summed E-state index contributed by atoms with van der Waals surface area (Å²) in [6, 6.07) is 0.371. The van der Waals surface area contributed by atoms with Crippen LogP contribution < -0.4 is 5.73 Å². The van der Waals surface area contributed by atoms with E-state index in [1.165, 1.54) is 64.5 Å². The van der Waals surface area contributed by atoms with Gasteiger partial charge >= 0.3 is 0 Å². The maximum atomic E-state index is 6.56. The molecule has 2 fully saturated rings. The van der Waals surface area contributed by atoms with E-state index >= 15 is 0 Å². The average molecular weight is 238 g/mol. The summed E-state index contributed by atoms with van der Waals surface area (Å²) in [7, 11) is 0. The molecule has 0 bridgehead atoms. The zero-order valence-corrected chi connectivity index (χ0v) is 11.8. The van der Waals surface area contributed by atoms with Crippen LogP contribution in [0.25, 0.3) is 0 Å². The first kappa shape index (κ1) is 13.4. The molecule has 0 amide bonds. The Bertz CT molecular complexity index is 231. The van der Waals surface area contributed by atoms with Crippen LogP contribution in [0, 0.1) is 5.92 Å². The van der Waals surface area contributed by atoms with Crippen molar-refractivity contribution in [3.8, 4) is 0 Å². The van der Waals surface area contributed by atoms with Crippen molar-refractivity contribution in [1.82, 2.24) is 4.90 Å². The highest BCUT2D eigenvalue weighted by atomic mass is 15.2. The van der Waals surface area contributed by atoms with Gasteiger partial charge in [0.25, 0.3) is 0 Å². The second-order valence-electron chi connectivity index (χ2n) is 6.40. The summed E-state index contributed by atoms with van der Waals surface area (Å²) in [6.07, 6.45) is 10.9. The Morgan fingerprint density at radius 1 is 1.18 bits per heavy atom. The van der Waals surface area contributed by atoms with Crippen molar-refractivity contribution in [2.75, 3.05) is 13.1 Å². The molecule has 2 aliphatic rings. The van der Waals surface area contributed by atoms with Crippen LogP contribution in [0.4, 0.5) is 0 Å². The first-order valence-electron chi connectivity index (χ1n) is 7.67. The molecule has 1 saturated heterocycles. The normalized spacial score (nSPS) is 28.4. The molecule has 2 rings (SSSR count). The van der Waals surface area contributed by atoms with Crippen LogP contribution in [0.5, 0.6) is 0 Å². The topological polar surface area (TPSA) is 29.3 Å². The highest BCUT2D eigenvalue weighted by molar-refractivity contribution is 4.97. The number of likely N-dealkylation sites (tertiary alicyclic amines) is 1. The number of rotatable bonds is 5. The van der Waals surface area contributed by atoms with E-state index < -0.39 is 0 Å². The van der Waals surface area contributed by atoms with Gasteiger partial charge in [0.05, 0.1) is 0 Å². The van der Waals surface area contributed by atoms with E-state index in [-0.39, 0.29) is 5.54 Å². The van der Waals surface area contributed by atoms with Crippen molar-refractivity contribution < 1.29 is 0 Å². The van der Waals surface area contributed by atoms with Gasteiger partial charge < -0.3 is 5.73 Å². The quantitative estimate of drug-likeness (QED) is 0.797. The van der Waals surface area contributed by atoms with E-state index in [1.807, 2.05) is 0 Å². The van der Waals surface area contributed by atoms with Crippen LogP contribution in [0.15, 0.2) is 0 Å². The Balaban J connectivity index is 1.94. The number of hydrogen-bond acceptors (Lipinski definition) is 2. The number of hydrogen-bond donors (Lipinski definition) is 1. The summed E-state index contributed by atoms with van der Waals surface area (Å²) in [5.74, 6) is 0.931. The van der Waals surface area contributed by atoms with Crippen molar-refractivity contribution >= 4 is 0 Å². The Morgan fingerprint density at radius 2 is 1.82 bits per heavy atom. The van der Waals surface area contributed by atoms with Crippen LogP contribution in [-0.2, 0) is 0 Å². The molecule has 0 spiro atoms. The molecular weight excluding hydrogens is 208 g/mol. The minimum absolute atomic E-state index is 0.246. The smallest absolute Gasteiger partial charge is 0.0329 e. The fourth-order valence-corrected chi connectivity index (χ4v) is 3.47. The number of nitrogens with zero attached hydrogens (tertiary/aromatic N) is 1. The van der Waals surface area contributed by atoms with Gasteiger partial charge in [-0.15, -0.1) is 0 Å². The average Bonchev–Trinajstić information content (AvgIpc) is 2.33. The Morgan fingerprint density at radius 3 is 2.29 bits per heavy atom. The van der Waals surface area contributed by atoms with Crippen LogP contribution >= 0.6 is 0 Å². The van der Waals surface area contributed by atoms with Gasteiger partial charge in [0, 0.05) is 11.6 Å². The van der Waals surface area contributed by atoms with Gasteiger partial charge in [-0.05, 0) is 51.6 Å². The highest BCUT2D eigenvalue weighted by Crippen LogP contribution is 2.35. The van der Waals surface area contributed by atoms with E-state index in [4.69, 9.17) is 5.73 Å². The summed E-state index contributed by atoms with van der Waals surface area (Å²) < 4.78 is 0. The molecule has 0 aromatic carbocycles. The summed E-state index contributed by atoms with van der Waals surface area (Å²) >= 11 is 0. The maximum Gasteiger partial charge on any atom is 0.0329 e. The highest BCUT2D eigenvalue weighted by Gasteiger charge is 2.38. The second kappa shape index (κ2) is 5.71. The molecule has 100 valence electrons. The third-order valence-electron chi connectivity index (χ3n) is 5.41. The molecule has 2 nitrogen and oxygen atoms in total. The first-order chi connectivity index (χ1) is 8.16. The molecule has 0 aromatic rings. The zero-order chi connectivity index (χ0) is 12.3. The third kappa shape index (κ3) is 2.85. The van der Waals surface area contributed by atoms with Gasteiger partial charge in [-0.2, -0.15) is 0 Å². The summed E-state index contributed by atoms with van der Waals surface area (Å²) in [6.45, 7) is 7.25. The Labute approximate surface area is 107 Å². The van der Waals surface area contributed by atoms with E-state index in [1.54, 1.807) is 0 Å². The molecule has 2 unspecified atom stereocenters. The molecule has 17 heavy (non-hydrogen) atoms. The minimum Gasteiger partial charge on any atom is -0.326 e. The van der Waals surface area contributed by atoms with Gasteiger partial charge in [-0.1, -0.05) is 32.6 Å². The molecule has 2 heteroatoms. The van der Waals surface area contributed by atoms with Crippen LogP contribution in [-0.4, -0.2) is 29.6 Å². The molecule has 2 N–H and O–H groups in total. The standard InChI is InChI=1S/C15H30N2/c1-3-15(2,17-10-5-4-6-11-17)14(16)12-13-8-7-9-13/h13-14H,3-12,16H2,1-2H3. The molecule has 1 heterocycles. The van der Waals surface area contributed by atoms with E-state index in [9.17, 15) is 0 Å². The van der Waals surface area contributed by atoms with Crippen molar-refractivity contribution in [3.63, 3.8) is 0 Å². The summed E-state index contributed by atoms with van der Waals surface area (Å²) in [5.41, 5.74) is 6.81. The van der Waals surface area contributed by atoms with Crippen molar-refractivity contribution in [2.45, 2.75) is 76.8 Å². The molecule has 0 radical (unpaired) electrons. The fourth-order valence-electron chi connectivity index (χ4n) is 3.47. The van der Waals surface area contributed by atoms with Crippen LogP contribution in [0.1, 0.15) is 65.2 Å². The summed E-state index contributed by atoms with van der Waals surface area (Å²) in [4.78, 5) is 2.68. The lowest BCUT2D eigenvalue weighted by Gasteiger charge is -2.48. The maximum absolute atomic E-state index is 6.56. The molecule has 2 atom stereocenters. The van der Waals surface area contributed by atoms with E-state index in [2.05, 4.69) is 18.7 Å². The van der Waals surface area contributed by atoms with Crippen molar-refractivity contribution in [3.05, 3.63) is 0 Å². The number of piperidine rings is 1. The third-order valence-corrected chi connectivity index (χ3v) is 5.41. The first-order valence-corrected chi connectivity index (χ1v) is 7.67. The minimum atomic E-state index is 0.246. The SMILES string of the molecule is CCC(C)(C(N)CC1CCC1)N1CCCCC1. The van der Waals surface area contributed by atoms with E-state index in [0.717, 1.165) is 5.92 Å². The molecule has 0 aromatic heterocycles. The molecule has 1 aliphatic carbocycles. The monoisotopic (exact) mass is 238 g/mol. The lowest BCUT2D eigenvalue weighted by atomic mass is 9.75. The predicted molar refractivity (Wildman–Crippen MR) is 74.1 cm³/mol. The number of nitrogens with two attached hydrogens (primary N) is 1. The van der Waals surface area contributed by atoms with E-state index in [0.29, 0.717) is 6.04 Å². The lowest BCUT2D eigenvalue weighted by molar-refractivity contribution is 0.0427. The van der Waals surface area contributed by atoms with Crippen LogP contribution in [0.3, 0.4) is 0 Å². The predicted octanol–water partition coefficient (Wildman–Crippen LogP) is 3.16. The molecular formula is C15H30N2. The van der Waals surface area contributed by atoms with Gasteiger partial charge in [-0.25, -0.2) is 0 Å². The lowest BCUT2D eigenvalue weighted by Crippen LogP contribution is -2.59. The van der Waals surface area contributed by atoms with Crippen LogP contribution in [0.2, 0.25) is 0 Å². The van der Waals surface area contributed by atoms with Gasteiger partial charge in [-0.3, -0.25) is 4.90 Å². The van der Waals surface area contributed by atoms with Crippen molar-refractivity contribution in [1.29, 1.82) is 0 Å². The second-order valence-corrected chi connectivity index (χ2v) is 6.40. The van der Waals surface area contributed by atoms with Crippen molar-refractivity contribution in [2.24, 2.45) is 11.7 Å². The fraction of sp³-hybridized carbons (Fsp3) is 1.00. The van der Waals surface area contributed by atoms with Gasteiger partial charge in [0.1, 0.15) is 0 Å². The van der Waals surface area contributed by atoms with Gasteiger partial charge in [0.15, 0.2) is 0 Å². The molecule has 1 saturated carbocycles. The Kier molecular flexibility index (Phi) is 4.48. The Hall–Kier alpha value is -0.0800. The molecule has 1 aliphatic heterocycles. The zero-order valence-electron chi connectivity index (χ0n) is 11.8. The summed E-state index contributed by atoms with van der Waals surface area (Å²) in [5, 5.41) is 0.